The standard InChI is InChI=1S/C11H11ClFN3O2/c1-6(14)11-16-15-10(18-11)5-17-9-3-2-7(13)4-8(9)12/h2-4,6H,5,14H2,1H3. The number of hydrogen-bond donors (Lipinski definition) is 1. The summed E-state index contributed by atoms with van der Waals surface area (Å²) in [6, 6.07) is 3.52. The van der Waals surface area contributed by atoms with Gasteiger partial charge in [-0.1, -0.05) is 11.6 Å². The highest BCUT2D eigenvalue weighted by Crippen LogP contribution is 2.25. The van der Waals surface area contributed by atoms with Crippen molar-refractivity contribution >= 4 is 11.6 Å². The lowest BCUT2D eigenvalue weighted by Crippen LogP contribution is -2.04. The first-order valence-corrected chi connectivity index (χ1v) is 5.60. The van der Waals surface area contributed by atoms with Gasteiger partial charge in [-0.3, -0.25) is 0 Å². The number of hydrogen-bond acceptors (Lipinski definition) is 5. The molecule has 0 saturated carbocycles. The Labute approximate surface area is 108 Å². The maximum Gasteiger partial charge on any atom is 0.253 e. The van der Waals surface area contributed by atoms with E-state index in [0.717, 1.165) is 6.07 Å². The molecule has 1 atom stereocenters. The fraction of sp³-hybridized carbons (Fsp3) is 0.273. The van der Waals surface area contributed by atoms with Gasteiger partial charge in [-0.05, 0) is 25.1 Å². The average molecular weight is 272 g/mol. The topological polar surface area (TPSA) is 74.2 Å². The highest BCUT2D eigenvalue weighted by Gasteiger charge is 2.11. The molecule has 0 amide bonds. The predicted molar refractivity (Wildman–Crippen MR) is 62.6 cm³/mol. The molecule has 96 valence electrons. The highest BCUT2D eigenvalue weighted by atomic mass is 35.5. The molecule has 0 radical (unpaired) electrons. The predicted octanol–water partition coefficient (Wildman–Crippen LogP) is 2.46. The van der Waals surface area contributed by atoms with E-state index in [0.29, 0.717) is 11.6 Å². The van der Waals surface area contributed by atoms with E-state index >= 15 is 0 Å². The Morgan fingerprint density at radius 3 is 2.89 bits per heavy atom. The first-order valence-electron chi connectivity index (χ1n) is 5.22. The Morgan fingerprint density at radius 1 is 1.50 bits per heavy atom. The van der Waals surface area contributed by atoms with Crippen molar-refractivity contribution in [2.75, 3.05) is 0 Å². The molecule has 0 aliphatic carbocycles. The molecule has 2 N–H and O–H groups in total. The molecule has 1 unspecified atom stereocenters. The quantitative estimate of drug-likeness (QED) is 0.924. The third-order valence-electron chi connectivity index (χ3n) is 2.12. The van der Waals surface area contributed by atoms with Gasteiger partial charge in [0.25, 0.3) is 5.89 Å². The molecular weight excluding hydrogens is 261 g/mol. The van der Waals surface area contributed by atoms with Crippen molar-refractivity contribution in [2.24, 2.45) is 5.73 Å². The van der Waals surface area contributed by atoms with Gasteiger partial charge in [-0.2, -0.15) is 0 Å². The summed E-state index contributed by atoms with van der Waals surface area (Å²) in [6.45, 7) is 1.78. The molecule has 0 aliphatic heterocycles. The Kier molecular flexibility index (Phi) is 3.78. The zero-order chi connectivity index (χ0) is 13.1. The molecule has 18 heavy (non-hydrogen) atoms. The lowest BCUT2D eigenvalue weighted by molar-refractivity contribution is 0.257. The Balaban J connectivity index is 2.02. The number of rotatable bonds is 4. The van der Waals surface area contributed by atoms with Gasteiger partial charge in [-0.25, -0.2) is 4.39 Å². The second kappa shape index (κ2) is 5.32. The normalized spacial score (nSPS) is 12.4. The van der Waals surface area contributed by atoms with Crippen molar-refractivity contribution in [3.8, 4) is 5.75 Å². The first kappa shape index (κ1) is 12.8. The van der Waals surface area contributed by atoms with E-state index < -0.39 is 5.82 Å². The molecule has 0 fully saturated rings. The van der Waals surface area contributed by atoms with Crippen LogP contribution in [0, 0.1) is 5.82 Å². The zero-order valence-electron chi connectivity index (χ0n) is 9.56. The summed E-state index contributed by atoms with van der Waals surface area (Å²) in [5.74, 6) is 0.532. The van der Waals surface area contributed by atoms with Crippen LogP contribution < -0.4 is 10.5 Å². The van der Waals surface area contributed by atoms with Crippen LogP contribution in [0.4, 0.5) is 4.39 Å². The average Bonchev–Trinajstić information content (AvgIpc) is 2.76. The summed E-state index contributed by atoms with van der Waals surface area (Å²) in [4.78, 5) is 0. The van der Waals surface area contributed by atoms with E-state index in [-0.39, 0.29) is 23.6 Å². The summed E-state index contributed by atoms with van der Waals surface area (Å²) < 4.78 is 23.4. The monoisotopic (exact) mass is 271 g/mol. The lowest BCUT2D eigenvalue weighted by atomic mass is 10.3. The zero-order valence-corrected chi connectivity index (χ0v) is 10.3. The van der Waals surface area contributed by atoms with Gasteiger partial charge >= 0.3 is 0 Å². The van der Waals surface area contributed by atoms with E-state index in [4.69, 9.17) is 26.5 Å². The summed E-state index contributed by atoms with van der Waals surface area (Å²) in [5.41, 5.74) is 5.58. The van der Waals surface area contributed by atoms with Crippen LogP contribution >= 0.6 is 11.6 Å². The van der Waals surface area contributed by atoms with Gasteiger partial charge in [0.2, 0.25) is 5.89 Å². The maximum atomic E-state index is 12.8. The molecule has 0 spiro atoms. The third-order valence-corrected chi connectivity index (χ3v) is 2.41. The number of nitrogens with zero attached hydrogens (tertiary/aromatic N) is 2. The molecule has 2 aromatic rings. The molecule has 0 aliphatic rings. The van der Waals surface area contributed by atoms with Crippen LogP contribution in [0.2, 0.25) is 5.02 Å². The van der Waals surface area contributed by atoms with E-state index in [1.807, 2.05) is 0 Å². The van der Waals surface area contributed by atoms with Crippen LogP contribution in [-0.2, 0) is 6.61 Å². The smallest absolute Gasteiger partial charge is 0.253 e. The summed E-state index contributed by atoms with van der Waals surface area (Å²) in [7, 11) is 0. The van der Waals surface area contributed by atoms with Crippen molar-refractivity contribution in [1.29, 1.82) is 0 Å². The van der Waals surface area contributed by atoms with Crippen molar-refractivity contribution in [3.05, 3.63) is 40.8 Å². The van der Waals surface area contributed by atoms with E-state index in [2.05, 4.69) is 10.2 Å². The van der Waals surface area contributed by atoms with Crippen LogP contribution in [0.5, 0.6) is 5.75 Å². The SMILES string of the molecule is CC(N)c1nnc(COc2ccc(F)cc2Cl)o1. The number of ether oxygens (including phenoxy) is 1. The van der Waals surface area contributed by atoms with Crippen molar-refractivity contribution in [2.45, 2.75) is 19.6 Å². The van der Waals surface area contributed by atoms with Crippen LogP contribution in [0.1, 0.15) is 24.7 Å². The summed E-state index contributed by atoms with van der Waals surface area (Å²) in [6.07, 6.45) is 0. The Bertz CT molecular complexity index is 545. The molecule has 1 heterocycles. The molecule has 1 aromatic carbocycles. The highest BCUT2D eigenvalue weighted by molar-refractivity contribution is 6.32. The van der Waals surface area contributed by atoms with E-state index in [1.165, 1.54) is 12.1 Å². The molecular formula is C11H11ClFN3O2. The summed E-state index contributed by atoms with van der Waals surface area (Å²) >= 11 is 5.80. The van der Waals surface area contributed by atoms with Crippen LogP contribution in [0.3, 0.4) is 0 Å². The van der Waals surface area contributed by atoms with Crippen molar-refractivity contribution < 1.29 is 13.5 Å². The van der Waals surface area contributed by atoms with E-state index in [1.54, 1.807) is 6.92 Å². The molecule has 2 rings (SSSR count). The molecule has 1 aromatic heterocycles. The minimum Gasteiger partial charge on any atom is -0.482 e. The van der Waals surface area contributed by atoms with Crippen LogP contribution in [0.25, 0.3) is 0 Å². The molecule has 0 saturated heterocycles. The van der Waals surface area contributed by atoms with Crippen LogP contribution in [0.15, 0.2) is 22.6 Å². The first-order chi connectivity index (χ1) is 8.56. The number of benzene rings is 1. The maximum absolute atomic E-state index is 12.8. The lowest BCUT2D eigenvalue weighted by Gasteiger charge is -2.05. The second-order valence-corrected chi connectivity index (χ2v) is 4.09. The van der Waals surface area contributed by atoms with E-state index in [9.17, 15) is 4.39 Å². The minimum atomic E-state index is -0.426. The number of nitrogens with two attached hydrogens (primary N) is 1. The Hall–Kier alpha value is -1.66. The van der Waals surface area contributed by atoms with Gasteiger partial charge in [0.05, 0.1) is 11.1 Å². The molecule has 0 bridgehead atoms. The van der Waals surface area contributed by atoms with Crippen molar-refractivity contribution in [1.82, 2.24) is 10.2 Å². The largest absolute Gasteiger partial charge is 0.482 e. The van der Waals surface area contributed by atoms with Gasteiger partial charge in [0, 0.05) is 0 Å². The molecule has 5 nitrogen and oxygen atoms in total. The Morgan fingerprint density at radius 2 is 2.28 bits per heavy atom. The third kappa shape index (κ3) is 2.96. The van der Waals surface area contributed by atoms with Crippen molar-refractivity contribution in [3.63, 3.8) is 0 Å². The fourth-order valence-corrected chi connectivity index (χ4v) is 1.46. The number of halogens is 2. The second-order valence-electron chi connectivity index (χ2n) is 3.69. The number of aromatic nitrogens is 2. The van der Waals surface area contributed by atoms with Gasteiger partial charge in [-0.15, -0.1) is 10.2 Å². The summed E-state index contributed by atoms with van der Waals surface area (Å²) in [5, 5.41) is 7.69. The fourth-order valence-electron chi connectivity index (χ4n) is 1.24. The van der Waals surface area contributed by atoms with Gasteiger partial charge < -0.3 is 14.9 Å². The molecule has 7 heteroatoms. The van der Waals surface area contributed by atoms with Gasteiger partial charge in [0.15, 0.2) is 6.61 Å². The van der Waals surface area contributed by atoms with Crippen LogP contribution in [-0.4, -0.2) is 10.2 Å². The van der Waals surface area contributed by atoms with Gasteiger partial charge in [0.1, 0.15) is 11.6 Å². The minimum absolute atomic E-state index is 0.0467.